The van der Waals surface area contributed by atoms with Gasteiger partial charge in [-0.25, -0.2) is 14.5 Å². The Balaban J connectivity index is 1.53. The Morgan fingerprint density at radius 3 is 2.57 bits per heavy atom. The molecule has 4 heterocycles. The smallest absolute Gasteiger partial charge is 0.338 e. The van der Waals surface area contributed by atoms with Crippen molar-refractivity contribution in [3.05, 3.63) is 133 Å². The topological polar surface area (TPSA) is 87.7 Å². The van der Waals surface area contributed by atoms with Crippen molar-refractivity contribution in [1.29, 1.82) is 0 Å². The molecule has 42 heavy (non-hydrogen) atoms. The minimum atomic E-state index is -0.726. The highest BCUT2D eigenvalue weighted by atomic mass is 32.1. The minimum Gasteiger partial charge on any atom is -0.497 e. The number of ether oxygens (including phenoxy) is 2. The summed E-state index contributed by atoms with van der Waals surface area (Å²) < 4.78 is 14.6. The van der Waals surface area contributed by atoms with Crippen molar-refractivity contribution in [2.45, 2.75) is 13.0 Å². The van der Waals surface area contributed by atoms with E-state index < -0.39 is 12.0 Å². The van der Waals surface area contributed by atoms with Crippen LogP contribution in [0.2, 0.25) is 0 Å². The number of para-hydroxylation sites is 1. The Kier molecular flexibility index (Phi) is 7.56. The van der Waals surface area contributed by atoms with Crippen molar-refractivity contribution in [3.63, 3.8) is 0 Å². The van der Waals surface area contributed by atoms with Gasteiger partial charge >= 0.3 is 5.97 Å². The Morgan fingerprint density at radius 1 is 1.10 bits per heavy atom. The van der Waals surface area contributed by atoms with Crippen LogP contribution in [-0.4, -0.2) is 34.0 Å². The lowest BCUT2D eigenvalue weighted by Crippen LogP contribution is -2.39. The standard InChI is InChI=1S/C32H26N4O4S2/c1-4-16-40-31(38)27-20(2)33-32-36(29(27)21-12-14-24(39-3)15-13-21)30(37)26(42-32)18-22-19-35(23-9-6-5-7-10-23)34-28(22)25-11-8-17-41-25/h4-15,17-19,29H,1,16H2,2-3H3. The molecule has 3 aromatic heterocycles. The molecule has 10 heteroatoms. The zero-order chi connectivity index (χ0) is 29.2. The number of hydrogen-bond donors (Lipinski definition) is 0. The van der Waals surface area contributed by atoms with E-state index in [2.05, 4.69) is 11.6 Å². The lowest BCUT2D eigenvalue weighted by molar-refractivity contribution is -0.138. The number of rotatable bonds is 8. The second-order valence-electron chi connectivity index (χ2n) is 9.43. The van der Waals surface area contributed by atoms with Crippen LogP contribution in [0.15, 0.2) is 112 Å². The third kappa shape index (κ3) is 5.06. The van der Waals surface area contributed by atoms with Gasteiger partial charge in [-0.15, -0.1) is 11.3 Å². The molecule has 0 saturated carbocycles. The molecule has 0 aliphatic carbocycles. The highest BCUT2D eigenvalue weighted by Gasteiger charge is 2.33. The van der Waals surface area contributed by atoms with Crippen molar-refractivity contribution in [3.8, 4) is 22.0 Å². The summed E-state index contributed by atoms with van der Waals surface area (Å²) in [5.41, 5.74) is 3.76. The SMILES string of the molecule is C=CCOC(=O)C1=C(C)N=c2sc(=Cc3cn(-c4ccccc4)nc3-c3cccs3)c(=O)n2C1c1ccc(OC)cc1. The number of thiazole rings is 1. The minimum absolute atomic E-state index is 0.0479. The van der Waals surface area contributed by atoms with Gasteiger partial charge in [-0.3, -0.25) is 9.36 Å². The average Bonchev–Trinajstić information content (AvgIpc) is 3.76. The van der Waals surface area contributed by atoms with Gasteiger partial charge in [0, 0.05) is 11.8 Å². The van der Waals surface area contributed by atoms with E-state index in [0.717, 1.165) is 27.4 Å². The van der Waals surface area contributed by atoms with E-state index >= 15 is 0 Å². The molecule has 1 unspecified atom stereocenters. The third-order valence-electron chi connectivity index (χ3n) is 6.81. The monoisotopic (exact) mass is 594 g/mol. The molecule has 5 aromatic rings. The van der Waals surface area contributed by atoms with Crippen molar-refractivity contribution >= 4 is 34.7 Å². The first-order chi connectivity index (χ1) is 20.5. The van der Waals surface area contributed by atoms with Crippen LogP contribution in [0.3, 0.4) is 0 Å². The first-order valence-electron chi connectivity index (χ1n) is 13.1. The van der Waals surface area contributed by atoms with Crippen LogP contribution in [0.5, 0.6) is 5.75 Å². The molecule has 0 saturated heterocycles. The summed E-state index contributed by atoms with van der Waals surface area (Å²) in [6.07, 6.45) is 5.28. The first kappa shape index (κ1) is 27.4. The zero-order valence-corrected chi connectivity index (χ0v) is 24.5. The Morgan fingerprint density at radius 2 is 1.88 bits per heavy atom. The predicted octanol–water partition coefficient (Wildman–Crippen LogP) is 4.89. The van der Waals surface area contributed by atoms with E-state index in [1.807, 2.05) is 76.9 Å². The fourth-order valence-electron chi connectivity index (χ4n) is 4.85. The molecule has 0 N–H and O–H groups in total. The van der Waals surface area contributed by atoms with E-state index in [4.69, 9.17) is 14.6 Å². The normalized spacial score (nSPS) is 14.8. The van der Waals surface area contributed by atoms with Gasteiger partial charge in [0.25, 0.3) is 5.56 Å². The number of thiophene rings is 1. The maximum absolute atomic E-state index is 14.1. The van der Waals surface area contributed by atoms with Crippen molar-refractivity contribution in [2.75, 3.05) is 13.7 Å². The quantitative estimate of drug-likeness (QED) is 0.189. The number of nitrogens with zero attached hydrogens (tertiary/aromatic N) is 4. The lowest BCUT2D eigenvalue weighted by Gasteiger charge is -2.24. The van der Waals surface area contributed by atoms with E-state index in [-0.39, 0.29) is 12.2 Å². The van der Waals surface area contributed by atoms with Gasteiger partial charge in [-0.2, -0.15) is 5.10 Å². The summed E-state index contributed by atoms with van der Waals surface area (Å²) in [6.45, 7) is 5.45. The van der Waals surface area contributed by atoms with Crippen LogP contribution in [0.4, 0.5) is 0 Å². The van der Waals surface area contributed by atoms with Gasteiger partial charge < -0.3 is 9.47 Å². The van der Waals surface area contributed by atoms with E-state index in [1.165, 1.54) is 17.4 Å². The number of allylic oxidation sites excluding steroid dienone is 1. The van der Waals surface area contributed by atoms with Crippen LogP contribution in [0.1, 0.15) is 24.1 Å². The summed E-state index contributed by atoms with van der Waals surface area (Å²) in [6, 6.07) is 20.4. The van der Waals surface area contributed by atoms with Gasteiger partial charge in [0.2, 0.25) is 0 Å². The number of hydrogen-bond acceptors (Lipinski definition) is 8. The van der Waals surface area contributed by atoms with E-state index in [9.17, 15) is 9.59 Å². The summed E-state index contributed by atoms with van der Waals surface area (Å²) >= 11 is 2.86. The number of aromatic nitrogens is 3. The van der Waals surface area contributed by atoms with Crippen molar-refractivity contribution in [2.24, 2.45) is 4.99 Å². The van der Waals surface area contributed by atoms with Crippen molar-refractivity contribution in [1.82, 2.24) is 14.3 Å². The predicted molar refractivity (Wildman–Crippen MR) is 165 cm³/mol. The number of benzene rings is 2. The number of esters is 1. The maximum atomic E-state index is 14.1. The van der Waals surface area contributed by atoms with Crippen LogP contribution < -0.4 is 19.6 Å². The molecule has 1 aliphatic heterocycles. The second kappa shape index (κ2) is 11.6. The van der Waals surface area contributed by atoms with Gasteiger partial charge in [0.15, 0.2) is 4.80 Å². The summed E-state index contributed by atoms with van der Waals surface area (Å²) in [5, 5.41) is 6.86. The fourth-order valence-corrected chi connectivity index (χ4v) is 6.62. The summed E-state index contributed by atoms with van der Waals surface area (Å²) in [7, 11) is 1.59. The number of methoxy groups -OCH3 is 1. The third-order valence-corrected chi connectivity index (χ3v) is 8.67. The van der Waals surface area contributed by atoms with Gasteiger partial charge in [0.05, 0.1) is 39.5 Å². The molecule has 6 rings (SSSR count). The summed E-state index contributed by atoms with van der Waals surface area (Å²) in [5.74, 6) is 0.120. The number of carbonyl (C=O) groups is 1. The van der Waals surface area contributed by atoms with E-state index in [0.29, 0.717) is 26.4 Å². The fraction of sp³-hybridized carbons (Fsp3) is 0.125. The Bertz CT molecular complexity index is 1980. The molecule has 210 valence electrons. The first-order valence-corrected chi connectivity index (χ1v) is 14.8. The molecule has 0 spiro atoms. The van der Waals surface area contributed by atoms with Crippen LogP contribution >= 0.6 is 22.7 Å². The maximum Gasteiger partial charge on any atom is 0.338 e. The van der Waals surface area contributed by atoms with Gasteiger partial charge in [-0.05, 0) is 54.3 Å². The molecule has 0 amide bonds. The molecular formula is C32H26N4O4S2. The molecular weight excluding hydrogens is 569 g/mol. The second-order valence-corrected chi connectivity index (χ2v) is 11.4. The zero-order valence-electron chi connectivity index (χ0n) is 22.9. The van der Waals surface area contributed by atoms with Crippen LogP contribution in [0.25, 0.3) is 22.3 Å². The van der Waals surface area contributed by atoms with Gasteiger partial charge in [0.1, 0.15) is 18.1 Å². The largest absolute Gasteiger partial charge is 0.497 e. The van der Waals surface area contributed by atoms with Gasteiger partial charge in [-0.1, -0.05) is 60.4 Å². The molecule has 2 aromatic carbocycles. The number of carbonyl (C=O) groups excluding carboxylic acids is 1. The average molecular weight is 595 g/mol. The number of fused-ring (bicyclic) bond motifs is 1. The molecule has 0 radical (unpaired) electrons. The summed E-state index contributed by atoms with van der Waals surface area (Å²) in [4.78, 5) is 33.6. The molecule has 1 atom stereocenters. The van der Waals surface area contributed by atoms with Crippen molar-refractivity contribution < 1.29 is 14.3 Å². The van der Waals surface area contributed by atoms with Crippen LogP contribution in [0, 0.1) is 0 Å². The Labute approximate surface area is 249 Å². The van der Waals surface area contributed by atoms with E-state index in [1.54, 1.807) is 42.1 Å². The Hall–Kier alpha value is -4.80. The molecule has 1 aliphatic rings. The van der Waals surface area contributed by atoms with Crippen LogP contribution in [-0.2, 0) is 9.53 Å². The highest BCUT2D eigenvalue weighted by Crippen LogP contribution is 2.32. The molecule has 8 nitrogen and oxygen atoms in total. The highest BCUT2D eigenvalue weighted by molar-refractivity contribution is 7.13. The lowest BCUT2D eigenvalue weighted by atomic mass is 9.96. The molecule has 0 fully saturated rings. The molecule has 0 bridgehead atoms.